The molecule has 0 aliphatic carbocycles. The highest BCUT2D eigenvalue weighted by Crippen LogP contribution is 2.31. The summed E-state index contributed by atoms with van der Waals surface area (Å²) in [6, 6.07) is 8.09. The zero-order valence-corrected chi connectivity index (χ0v) is 14.7. The van der Waals surface area contributed by atoms with E-state index in [9.17, 15) is 0 Å². The van der Waals surface area contributed by atoms with Crippen molar-refractivity contribution in [2.75, 3.05) is 18.6 Å². The molecule has 0 radical (unpaired) electrons. The SMILES string of the molecule is CSCCCCCCNC(c1ccco1)c1ccc(Cl)s1. The zero-order valence-electron chi connectivity index (χ0n) is 12.3. The number of hydrogen-bond donors (Lipinski definition) is 1. The van der Waals surface area contributed by atoms with Crippen molar-refractivity contribution < 1.29 is 4.42 Å². The minimum atomic E-state index is 0.115. The minimum Gasteiger partial charge on any atom is -0.467 e. The summed E-state index contributed by atoms with van der Waals surface area (Å²) < 4.78 is 6.39. The molecule has 0 saturated carbocycles. The van der Waals surface area contributed by atoms with Crippen molar-refractivity contribution in [2.24, 2.45) is 0 Å². The van der Waals surface area contributed by atoms with E-state index in [1.165, 1.54) is 36.3 Å². The lowest BCUT2D eigenvalue weighted by Gasteiger charge is -2.15. The summed E-state index contributed by atoms with van der Waals surface area (Å²) in [5.74, 6) is 2.23. The van der Waals surface area contributed by atoms with Gasteiger partial charge in [0.1, 0.15) is 11.8 Å². The van der Waals surface area contributed by atoms with Crippen molar-refractivity contribution >= 4 is 34.7 Å². The molecular weight excluding hydrogens is 322 g/mol. The Labute approximate surface area is 140 Å². The standard InChI is InChI=1S/C16H22ClNOS2/c1-20-12-5-3-2-4-10-18-16(13-7-6-11-19-13)14-8-9-15(17)21-14/h6-9,11,16,18H,2-5,10,12H2,1H3. The molecule has 2 aromatic rings. The molecule has 1 N–H and O–H groups in total. The average Bonchev–Trinajstić information content (AvgIpc) is 3.14. The smallest absolute Gasteiger partial charge is 0.126 e. The molecule has 2 nitrogen and oxygen atoms in total. The summed E-state index contributed by atoms with van der Waals surface area (Å²) in [7, 11) is 0. The van der Waals surface area contributed by atoms with E-state index in [0.29, 0.717) is 0 Å². The Hall–Kier alpha value is -0.420. The normalized spacial score (nSPS) is 12.7. The highest BCUT2D eigenvalue weighted by Gasteiger charge is 2.17. The summed E-state index contributed by atoms with van der Waals surface area (Å²) in [6.45, 7) is 1.00. The summed E-state index contributed by atoms with van der Waals surface area (Å²) in [5, 5.41) is 3.60. The van der Waals surface area contributed by atoms with E-state index in [1.807, 2.05) is 30.0 Å². The number of unbranched alkanes of at least 4 members (excludes halogenated alkanes) is 3. The van der Waals surface area contributed by atoms with Crippen LogP contribution in [0, 0.1) is 0 Å². The van der Waals surface area contributed by atoms with Crippen LogP contribution in [0.2, 0.25) is 4.34 Å². The van der Waals surface area contributed by atoms with Crippen molar-refractivity contribution in [1.82, 2.24) is 5.32 Å². The van der Waals surface area contributed by atoms with Gasteiger partial charge in [0.15, 0.2) is 0 Å². The van der Waals surface area contributed by atoms with E-state index in [0.717, 1.165) is 16.6 Å². The molecule has 21 heavy (non-hydrogen) atoms. The Kier molecular flexibility index (Phi) is 7.72. The van der Waals surface area contributed by atoms with Crippen LogP contribution in [0.4, 0.5) is 0 Å². The maximum absolute atomic E-state index is 6.06. The van der Waals surface area contributed by atoms with Crippen LogP contribution in [0.5, 0.6) is 0 Å². The molecule has 5 heteroatoms. The van der Waals surface area contributed by atoms with E-state index in [-0.39, 0.29) is 6.04 Å². The molecule has 2 rings (SSSR count). The van der Waals surface area contributed by atoms with Gasteiger partial charge in [0, 0.05) is 4.88 Å². The van der Waals surface area contributed by atoms with Crippen molar-refractivity contribution in [3.8, 4) is 0 Å². The first-order chi connectivity index (χ1) is 10.3. The van der Waals surface area contributed by atoms with Crippen LogP contribution in [-0.2, 0) is 0 Å². The molecule has 0 bridgehead atoms. The fraction of sp³-hybridized carbons (Fsp3) is 0.500. The predicted octanol–water partition coefficient (Wildman–Crippen LogP) is 5.60. The first-order valence-electron chi connectivity index (χ1n) is 7.32. The Morgan fingerprint density at radius 3 is 2.76 bits per heavy atom. The molecule has 116 valence electrons. The van der Waals surface area contributed by atoms with E-state index >= 15 is 0 Å². The summed E-state index contributed by atoms with van der Waals surface area (Å²) >= 11 is 9.59. The van der Waals surface area contributed by atoms with Gasteiger partial charge in [-0.2, -0.15) is 11.8 Å². The Balaban J connectivity index is 1.81. The molecule has 1 unspecified atom stereocenters. The minimum absolute atomic E-state index is 0.115. The molecule has 0 aliphatic heterocycles. The van der Waals surface area contributed by atoms with Gasteiger partial charge in [-0.25, -0.2) is 0 Å². The molecule has 0 saturated heterocycles. The molecule has 0 fully saturated rings. The van der Waals surface area contributed by atoms with Crippen LogP contribution in [-0.4, -0.2) is 18.6 Å². The quantitative estimate of drug-likeness (QED) is 0.568. The van der Waals surface area contributed by atoms with Crippen LogP contribution in [0.25, 0.3) is 0 Å². The van der Waals surface area contributed by atoms with Gasteiger partial charge in [0.05, 0.1) is 10.6 Å². The van der Waals surface area contributed by atoms with Gasteiger partial charge in [0.25, 0.3) is 0 Å². The second kappa shape index (κ2) is 9.57. The Morgan fingerprint density at radius 1 is 1.24 bits per heavy atom. The molecule has 0 amide bonds. The fourth-order valence-electron chi connectivity index (χ4n) is 2.25. The van der Waals surface area contributed by atoms with Crippen LogP contribution in [0.3, 0.4) is 0 Å². The van der Waals surface area contributed by atoms with E-state index < -0.39 is 0 Å². The number of nitrogens with one attached hydrogen (secondary N) is 1. The molecule has 0 spiro atoms. The second-order valence-electron chi connectivity index (χ2n) is 4.95. The van der Waals surface area contributed by atoms with Gasteiger partial charge in [-0.1, -0.05) is 24.4 Å². The molecule has 2 aromatic heterocycles. The highest BCUT2D eigenvalue weighted by molar-refractivity contribution is 7.98. The molecular formula is C16H22ClNOS2. The first-order valence-corrected chi connectivity index (χ1v) is 9.91. The van der Waals surface area contributed by atoms with Gasteiger partial charge >= 0.3 is 0 Å². The van der Waals surface area contributed by atoms with E-state index in [2.05, 4.69) is 17.6 Å². The number of furan rings is 1. The summed E-state index contributed by atoms with van der Waals surface area (Å²) in [6.07, 6.45) is 9.01. The third kappa shape index (κ3) is 5.70. The van der Waals surface area contributed by atoms with Crippen LogP contribution in [0.1, 0.15) is 42.4 Å². The van der Waals surface area contributed by atoms with Crippen molar-refractivity contribution in [2.45, 2.75) is 31.7 Å². The van der Waals surface area contributed by atoms with Gasteiger partial charge < -0.3 is 9.73 Å². The van der Waals surface area contributed by atoms with Crippen molar-refractivity contribution in [3.05, 3.63) is 45.5 Å². The lowest BCUT2D eigenvalue weighted by atomic mass is 10.1. The van der Waals surface area contributed by atoms with E-state index in [4.69, 9.17) is 16.0 Å². The maximum Gasteiger partial charge on any atom is 0.126 e. The average molecular weight is 344 g/mol. The van der Waals surface area contributed by atoms with E-state index in [1.54, 1.807) is 17.6 Å². The Bertz CT molecular complexity index is 498. The summed E-state index contributed by atoms with van der Waals surface area (Å²) in [5.41, 5.74) is 0. The lowest BCUT2D eigenvalue weighted by molar-refractivity contribution is 0.444. The number of thiophene rings is 1. The summed E-state index contributed by atoms with van der Waals surface area (Å²) in [4.78, 5) is 1.21. The largest absolute Gasteiger partial charge is 0.467 e. The monoisotopic (exact) mass is 343 g/mol. The van der Waals surface area contributed by atoms with Crippen LogP contribution >= 0.6 is 34.7 Å². The molecule has 0 aromatic carbocycles. The third-order valence-electron chi connectivity index (χ3n) is 3.33. The zero-order chi connectivity index (χ0) is 14.9. The van der Waals surface area contributed by atoms with Crippen LogP contribution in [0.15, 0.2) is 34.9 Å². The van der Waals surface area contributed by atoms with Gasteiger partial charge in [-0.15, -0.1) is 11.3 Å². The van der Waals surface area contributed by atoms with Crippen molar-refractivity contribution in [1.29, 1.82) is 0 Å². The number of halogens is 1. The maximum atomic E-state index is 6.06. The number of rotatable bonds is 10. The number of thioether (sulfide) groups is 1. The number of hydrogen-bond acceptors (Lipinski definition) is 4. The molecule has 2 heterocycles. The third-order valence-corrected chi connectivity index (χ3v) is 5.32. The van der Waals surface area contributed by atoms with Gasteiger partial charge in [0.2, 0.25) is 0 Å². The molecule has 0 aliphatic rings. The first kappa shape index (κ1) is 16.9. The van der Waals surface area contributed by atoms with Gasteiger partial charge in [-0.3, -0.25) is 0 Å². The second-order valence-corrected chi connectivity index (χ2v) is 7.68. The predicted molar refractivity (Wildman–Crippen MR) is 94.7 cm³/mol. The highest BCUT2D eigenvalue weighted by atomic mass is 35.5. The molecule has 1 atom stereocenters. The van der Waals surface area contributed by atoms with Crippen molar-refractivity contribution in [3.63, 3.8) is 0 Å². The van der Waals surface area contributed by atoms with Crippen LogP contribution < -0.4 is 5.32 Å². The fourth-order valence-corrected chi connectivity index (χ4v) is 3.89. The topological polar surface area (TPSA) is 25.2 Å². The Morgan fingerprint density at radius 2 is 2.10 bits per heavy atom. The lowest BCUT2D eigenvalue weighted by Crippen LogP contribution is -2.22. The van der Waals surface area contributed by atoms with Gasteiger partial charge in [-0.05, 0) is 55.7 Å².